The van der Waals surface area contributed by atoms with E-state index in [-0.39, 0.29) is 5.41 Å². The zero-order valence-corrected chi connectivity index (χ0v) is 15.9. The monoisotopic (exact) mass is 344 g/mol. The minimum atomic E-state index is 0.263. The molecule has 3 aliphatic rings. The summed E-state index contributed by atoms with van der Waals surface area (Å²) in [7, 11) is 5.76. The van der Waals surface area contributed by atoms with E-state index in [2.05, 4.69) is 35.5 Å². The van der Waals surface area contributed by atoms with Gasteiger partial charge in [0.15, 0.2) is 11.5 Å². The van der Waals surface area contributed by atoms with E-state index in [4.69, 9.17) is 9.47 Å². The van der Waals surface area contributed by atoms with Gasteiger partial charge >= 0.3 is 0 Å². The fourth-order valence-corrected chi connectivity index (χ4v) is 5.74. The molecule has 2 aliphatic heterocycles. The molecular weight excluding hydrogens is 312 g/mol. The number of hydrogen-bond acceptors (Lipinski definition) is 4. The number of hydrogen-bond donors (Lipinski definition) is 1. The summed E-state index contributed by atoms with van der Waals surface area (Å²) in [5, 5.41) is 3.91. The van der Waals surface area contributed by atoms with Gasteiger partial charge in [-0.15, -0.1) is 0 Å². The summed E-state index contributed by atoms with van der Waals surface area (Å²) in [4.78, 5) is 2.61. The Hall–Kier alpha value is -1.26. The lowest BCUT2D eigenvalue weighted by Gasteiger charge is -2.52. The average Bonchev–Trinajstić information content (AvgIpc) is 2.99. The SMILES string of the molecule is COc1ccc([C@]23CCN(C)[C@H]2CC2(CCCCN2)CC3)cc1OC. The van der Waals surface area contributed by atoms with E-state index in [0.29, 0.717) is 11.6 Å². The van der Waals surface area contributed by atoms with Gasteiger partial charge in [-0.2, -0.15) is 0 Å². The fourth-order valence-electron chi connectivity index (χ4n) is 5.74. The maximum Gasteiger partial charge on any atom is 0.161 e. The maximum atomic E-state index is 5.60. The van der Waals surface area contributed by atoms with Crippen LogP contribution in [0.25, 0.3) is 0 Å². The molecule has 1 N–H and O–H groups in total. The third-order valence-electron chi connectivity index (χ3n) is 7.25. The molecular formula is C21H32N2O2. The Morgan fingerprint density at radius 2 is 1.88 bits per heavy atom. The molecule has 0 amide bonds. The van der Waals surface area contributed by atoms with Crippen LogP contribution in [0, 0.1) is 0 Å². The molecule has 0 radical (unpaired) electrons. The van der Waals surface area contributed by atoms with Crippen molar-refractivity contribution in [2.45, 2.75) is 61.9 Å². The van der Waals surface area contributed by atoms with Crippen LogP contribution < -0.4 is 14.8 Å². The number of rotatable bonds is 3. The number of ether oxygens (including phenoxy) is 2. The number of likely N-dealkylation sites (N-methyl/N-ethyl adjacent to an activating group) is 1. The molecule has 1 aromatic rings. The molecule has 3 fully saturated rings. The van der Waals surface area contributed by atoms with Crippen LogP contribution in [0.15, 0.2) is 18.2 Å². The van der Waals surface area contributed by atoms with Crippen molar-refractivity contribution in [2.75, 3.05) is 34.4 Å². The van der Waals surface area contributed by atoms with Crippen molar-refractivity contribution in [3.63, 3.8) is 0 Å². The van der Waals surface area contributed by atoms with Crippen LogP contribution in [0.3, 0.4) is 0 Å². The smallest absolute Gasteiger partial charge is 0.161 e. The summed E-state index contributed by atoms with van der Waals surface area (Å²) in [6, 6.07) is 7.21. The lowest BCUT2D eigenvalue weighted by Crippen LogP contribution is -2.59. The Balaban J connectivity index is 1.68. The average molecular weight is 344 g/mol. The van der Waals surface area contributed by atoms with Crippen LogP contribution in [-0.2, 0) is 5.41 Å². The van der Waals surface area contributed by atoms with Crippen molar-refractivity contribution >= 4 is 0 Å². The lowest BCUT2D eigenvalue weighted by molar-refractivity contribution is 0.0798. The van der Waals surface area contributed by atoms with Crippen LogP contribution in [0.2, 0.25) is 0 Å². The fraction of sp³-hybridized carbons (Fsp3) is 0.714. The van der Waals surface area contributed by atoms with E-state index in [1.165, 1.54) is 63.6 Å². The second-order valence-electron chi connectivity index (χ2n) is 8.34. The largest absolute Gasteiger partial charge is 0.493 e. The van der Waals surface area contributed by atoms with Crippen molar-refractivity contribution in [1.82, 2.24) is 10.2 Å². The van der Waals surface area contributed by atoms with Crippen molar-refractivity contribution in [1.29, 1.82) is 0 Å². The molecule has 1 aliphatic carbocycles. The van der Waals surface area contributed by atoms with Gasteiger partial charge in [-0.25, -0.2) is 0 Å². The second kappa shape index (κ2) is 6.48. The molecule has 4 heteroatoms. The van der Waals surface area contributed by atoms with Gasteiger partial charge in [0.2, 0.25) is 0 Å². The summed E-state index contributed by atoms with van der Waals surface area (Å²) >= 11 is 0. The van der Waals surface area contributed by atoms with E-state index >= 15 is 0 Å². The normalized spacial score (nSPS) is 35.6. The first kappa shape index (κ1) is 17.2. The number of nitrogens with one attached hydrogen (secondary N) is 1. The van der Waals surface area contributed by atoms with Crippen LogP contribution in [0.4, 0.5) is 0 Å². The molecule has 1 aromatic carbocycles. The number of benzene rings is 1. The van der Waals surface area contributed by atoms with E-state index in [9.17, 15) is 0 Å². The van der Waals surface area contributed by atoms with Crippen molar-refractivity contribution in [2.24, 2.45) is 0 Å². The minimum Gasteiger partial charge on any atom is -0.493 e. The van der Waals surface area contributed by atoms with E-state index < -0.39 is 0 Å². The molecule has 1 saturated carbocycles. The van der Waals surface area contributed by atoms with Gasteiger partial charge in [0.1, 0.15) is 0 Å². The minimum absolute atomic E-state index is 0.263. The summed E-state index contributed by atoms with van der Waals surface area (Å²) in [6.07, 6.45) is 9.16. The van der Waals surface area contributed by atoms with Gasteiger partial charge in [0.05, 0.1) is 14.2 Å². The highest BCUT2D eigenvalue weighted by Crippen LogP contribution is 2.53. The highest BCUT2D eigenvalue weighted by molar-refractivity contribution is 5.46. The number of nitrogens with zero attached hydrogens (tertiary/aromatic N) is 1. The number of fused-ring (bicyclic) bond motifs is 1. The first-order chi connectivity index (χ1) is 12.1. The lowest BCUT2D eigenvalue weighted by atomic mass is 9.60. The summed E-state index contributed by atoms with van der Waals surface area (Å²) in [6.45, 7) is 2.38. The predicted molar refractivity (Wildman–Crippen MR) is 101 cm³/mol. The van der Waals surface area contributed by atoms with E-state index in [1.807, 2.05) is 0 Å². The van der Waals surface area contributed by atoms with Gasteiger partial charge in [0.25, 0.3) is 0 Å². The Morgan fingerprint density at radius 1 is 1.04 bits per heavy atom. The Bertz CT molecular complexity index is 626. The van der Waals surface area contributed by atoms with Gasteiger partial charge in [-0.05, 0) is 76.4 Å². The molecule has 4 nitrogen and oxygen atoms in total. The molecule has 0 bridgehead atoms. The van der Waals surface area contributed by atoms with Crippen molar-refractivity contribution < 1.29 is 9.47 Å². The zero-order chi connectivity index (χ0) is 17.5. The third kappa shape index (κ3) is 2.74. The first-order valence-electron chi connectivity index (χ1n) is 9.80. The highest BCUT2D eigenvalue weighted by Gasteiger charge is 2.54. The molecule has 2 heterocycles. The molecule has 3 atom stereocenters. The van der Waals surface area contributed by atoms with E-state index in [0.717, 1.165) is 11.5 Å². The van der Waals surface area contributed by atoms with Crippen LogP contribution in [0.1, 0.15) is 50.5 Å². The zero-order valence-electron chi connectivity index (χ0n) is 15.9. The first-order valence-corrected chi connectivity index (χ1v) is 9.80. The Labute approximate surface area is 151 Å². The maximum absolute atomic E-state index is 5.60. The highest BCUT2D eigenvalue weighted by atomic mass is 16.5. The topological polar surface area (TPSA) is 33.7 Å². The van der Waals surface area contributed by atoms with Crippen LogP contribution in [-0.4, -0.2) is 50.8 Å². The summed E-state index contributed by atoms with van der Waals surface area (Å²) < 4.78 is 11.1. The van der Waals surface area contributed by atoms with E-state index in [1.54, 1.807) is 14.2 Å². The molecule has 0 aromatic heterocycles. The number of likely N-dealkylation sites (tertiary alicyclic amines) is 1. The van der Waals surface area contributed by atoms with Crippen LogP contribution >= 0.6 is 0 Å². The van der Waals surface area contributed by atoms with Gasteiger partial charge in [-0.3, -0.25) is 0 Å². The summed E-state index contributed by atoms with van der Waals surface area (Å²) in [5.41, 5.74) is 2.07. The standard InChI is InChI=1S/C21H32N2O2/c1-23-13-11-21(16-6-7-17(24-2)18(14-16)25-3)10-9-20(15-19(21)23)8-4-5-12-22-20/h6-7,14,19,22H,4-5,8-13,15H2,1-3H3/t19-,20?,21-/m0/s1. The number of piperidine rings is 1. The molecule has 1 spiro atoms. The molecule has 2 saturated heterocycles. The van der Waals surface area contributed by atoms with Crippen LogP contribution in [0.5, 0.6) is 11.5 Å². The van der Waals surface area contributed by atoms with Gasteiger partial charge < -0.3 is 19.7 Å². The summed E-state index contributed by atoms with van der Waals surface area (Å²) in [5.74, 6) is 1.69. The Kier molecular flexibility index (Phi) is 4.45. The quantitative estimate of drug-likeness (QED) is 0.912. The van der Waals surface area contributed by atoms with Crippen molar-refractivity contribution in [3.05, 3.63) is 23.8 Å². The van der Waals surface area contributed by atoms with Crippen molar-refractivity contribution in [3.8, 4) is 11.5 Å². The molecule has 138 valence electrons. The molecule has 25 heavy (non-hydrogen) atoms. The molecule has 1 unspecified atom stereocenters. The number of methoxy groups -OCH3 is 2. The molecule has 4 rings (SSSR count). The van der Waals surface area contributed by atoms with Gasteiger partial charge in [-0.1, -0.05) is 12.5 Å². The predicted octanol–water partition coefficient (Wildman–Crippen LogP) is 3.34. The second-order valence-corrected chi connectivity index (χ2v) is 8.34. The van der Waals surface area contributed by atoms with Gasteiger partial charge in [0, 0.05) is 17.0 Å². The third-order valence-corrected chi connectivity index (χ3v) is 7.25. The Morgan fingerprint density at radius 3 is 2.60 bits per heavy atom.